The Labute approximate surface area is 878 Å². The van der Waals surface area contributed by atoms with E-state index in [9.17, 15) is 32.7 Å². The number of aliphatic hydroxyl groups is 2. The van der Waals surface area contributed by atoms with Crippen LogP contribution in [-0.2, 0) is 126 Å². The number of nitrogens with zero attached hydrogens (tertiary/aromatic N) is 9. The zero-order valence-electron chi connectivity index (χ0n) is 79.5. The quantitative estimate of drug-likeness (QED) is 0.0765. The Kier molecular flexibility index (Phi) is 41.7. The van der Waals surface area contributed by atoms with E-state index < -0.39 is 16.8 Å². The fraction of sp³-hybridized carbons (Fsp3) is 0.181. The van der Waals surface area contributed by atoms with E-state index in [1.807, 2.05) is 244 Å². The number of hydrogen-bond acceptors (Lipinski definition) is 13. The summed E-state index contributed by atoms with van der Waals surface area (Å²) in [6, 6.07) is 101. The van der Waals surface area contributed by atoms with Crippen LogP contribution in [0.4, 0.5) is 13.2 Å². The van der Waals surface area contributed by atoms with Gasteiger partial charge < -0.3 is 50.4 Å². The Morgan fingerprint density at radius 2 is 0.799 bits per heavy atom. The van der Waals surface area contributed by atoms with E-state index in [0.717, 1.165) is 89.4 Å². The van der Waals surface area contributed by atoms with Gasteiger partial charge in [0.15, 0.2) is 11.6 Å². The number of ketones is 2. The summed E-state index contributed by atoms with van der Waals surface area (Å²) >= 11 is 0. The molecule has 0 fully saturated rings. The van der Waals surface area contributed by atoms with Crippen molar-refractivity contribution >= 4 is 71.4 Å². The van der Waals surface area contributed by atoms with E-state index >= 15 is 0 Å². The van der Waals surface area contributed by atoms with Gasteiger partial charge in [0.05, 0.1) is 5.76 Å². The SMILES string of the molecule is CC(=O)C=C(C)O.CC(C)(C)C(=O)C=C(O)C(C)(C)C.CC(C)(C)c1cc(-c2ccccn2)[n-]n1.CC1(C)c2c([c-]ccc2F)-c2nccc3cccc1c23.Cc1cc2c3c(nccc3c1F)-c1[c-]ccc(F)c1C2(C)C.O=C(O)c1ccccn1.[Ir].[Ir].[Ir].[Ir].[Ir].[c-]1ccccc1-c1nccc2ccccc12.[c-]1ccccc1-c1nccc2ccccc12.[c-]1ccccc1-c1nccc2ccccc12. The van der Waals surface area contributed by atoms with Crippen molar-refractivity contribution < 1.29 is 143 Å². The third-order valence-corrected chi connectivity index (χ3v) is 22.1. The van der Waals surface area contributed by atoms with Crippen LogP contribution in [0.5, 0.6) is 0 Å². The third-order valence-electron chi connectivity index (χ3n) is 22.1. The second-order valence-corrected chi connectivity index (χ2v) is 36.0. The molecule has 0 aliphatic heterocycles. The van der Waals surface area contributed by atoms with Gasteiger partial charge in [0.25, 0.3) is 0 Å². The molecule has 0 amide bonds. The van der Waals surface area contributed by atoms with Crippen molar-refractivity contribution in [2.75, 3.05) is 0 Å². The Morgan fingerprint density at radius 1 is 0.388 bits per heavy atom. The van der Waals surface area contributed by atoms with E-state index in [1.165, 1.54) is 82.7 Å². The molecule has 18 aromatic rings. The second kappa shape index (κ2) is 51.0. The molecule has 10 aromatic carbocycles. The predicted octanol–water partition coefficient (Wildman–Crippen LogP) is 27.8. The zero-order valence-corrected chi connectivity index (χ0v) is 91.5. The van der Waals surface area contributed by atoms with Crippen molar-refractivity contribution in [2.45, 2.75) is 127 Å². The Morgan fingerprint density at radius 3 is 1.18 bits per heavy atom. The number of carbonyl (C=O) groups is 3. The molecule has 8 aromatic heterocycles. The molecule has 0 saturated carbocycles. The summed E-state index contributed by atoms with van der Waals surface area (Å²) in [6.45, 7) is 30.1. The van der Waals surface area contributed by atoms with Gasteiger partial charge in [-0.1, -0.05) is 222 Å². The summed E-state index contributed by atoms with van der Waals surface area (Å²) in [5, 5.41) is 45.3. The largest absolute Gasteiger partial charge is 0.573 e. The molecule has 2 aliphatic rings. The summed E-state index contributed by atoms with van der Waals surface area (Å²) < 4.78 is 43.4. The molecule has 0 spiro atoms. The van der Waals surface area contributed by atoms with Crippen LogP contribution in [0.15, 0.2) is 334 Å². The molecular formula is C116H104F3Ir5N9O6-6. The van der Waals surface area contributed by atoms with Crippen LogP contribution in [0.1, 0.15) is 148 Å². The molecule has 2 aliphatic carbocycles. The van der Waals surface area contributed by atoms with E-state index in [1.54, 1.807) is 55.8 Å². The number of carbonyl (C=O) groups excluding carboxylic acids is 2. The molecule has 139 heavy (non-hydrogen) atoms. The number of halogens is 3. The van der Waals surface area contributed by atoms with Crippen LogP contribution in [-0.4, -0.2) is 72.8 Å². The smallest absolute Gasteiger partial charge is 0.354 e. The molecule has 5 radical (unpaired) electrons. The van der Waals surface area contributed by atoms with Crippen molar-refractivity contribution in [3.8, 4) is 67.7 Å². The fourth-order valence-corrected chi connectivity index (χ4v) is 15.2. The van der Waals surface area contributed by atoms with Gasteiger partial charge in [0.2, 0.25) is 0 Å². The summed E-state index contributed by atoms with van der Waals surface area (Å²) in [4.78, 5) is 61.7. The minimum Gasteiger partial charge on any atom is -0.573 e. The summed E-state index contributed by atoms with van der Waals surface area (Å²) in [7, 11) is 0. The van der Waals surface area contributed by atoms with E-state index in [-0.39, 0.29) is 163 Å². The van der Waals surface area contributed by atoms with Gasteiger partial charge in [0.1, 0.15) is 17.3 Å². The monoisotopic (exact) mass is 2740 g/mol. The molecule has 0 bridgehead atoms. The second-order valence-electron chi connectivity index (χ2n) is 36.0. The van der Waals surface area contributed by atoms with Crippen LogP contribution in [0.25, 0.3) is 122 Å². The topological polar surface area (TPSA) is 229 Å². The summed E-state index contributed by atoms with van der Waals surface area (Å²) in [5.74, 6) is -1.64. The average Bonchev–Trinajstić information content (AvgIpc) is 1.23. The van der Waals surface area contributed by atoms with Gasteiger partial charge in [0, 0.05) is 201 Å². The van der Waals surface area contributed by atoms with Crippen LogP contribution in [0, 0.1) is 65.5 Å². The van der Waals surface area contributed by atoms with Gasteiger partial charge in [-0.25, -0.2) is 22.9 Å². The maximum atomic E-state index is 14.5. The third kappa shape index (κ3) is 28.5. The number of carboxylic acid groups (broad SMARTS) is 1. The number of benzene rings is 10. The number of rotatable bonds is 7. The Hall–Kier alpha value is -12.3. The Balaban J connectivity index is 0.000000215. The van der Waals surface area contributed by atoms with Crippen LogP contribution in [0.2, 0.25) is 0 Å². The maximum absolute atomic E-state index is 14.5. The number of hydrogen-bond donors (Lipinski definition) is 3. The summed E-state index contributed by atoms with van der Waals surface area (Å²) in [5.41, 5.74) is 14.0. The number of aromatic carboxylic acids is 1. The van der Waals surface area contributed by atoms with E-state index in [0.29, 0.717) is 33.3 Å². The molecular weight excluding hydrogens is 2630 g/mol. The minimum atomic E-state index is -0.990. The van der Waals surface area contributed by atoms with Gasteiger partial charge in [-0.15, -0.1) is 155 Å². The number of pyridine rings is 7. The molecule has 15 nitrogen and oxygen atoms in total. The number of aromatic nitrogens is 9. The number of fused-ring (bicyclic) bond motifs is 7. The predicted molar refractivity (Wildman–Crippen MR) is 531 cm³/mol. The molecule has 3 N–H and O–H groups in total. The first kappa shape index (κ1) is 114. The van der Waals surface area contributed by atoms with E-state index in [4.69, 9.17) is 10.2 Å². The first-order valence-corrected chi connectivity index (χ1v) is 43.6. The number of aryl methyl sites for hydroxylation is 1. The maximum Gasteiger partial charge on any atom is 0.354 e. The molecule has 721 valence electrons. The van der Waals surface area contributed by atoms with Crippen molar-refractivity contribution in [3.63, 3.8) is 0 Å². The standard InChI is InChI=1S/C19H14F2N.C18H13FN.3C15H10N.C12H14N3.C11H20O2.C6H5NO2.C5H8O2.5Ir/c1-10-9-13-15-11(17(10)21)7-8-22-18(15)12-5-4-6-14(20)16(12)19(13,2)3;1-18(2)13-7-3-5-11-9-10-20-17(15(11)13)12-6-4-8-14(19)16(12)18;3*1-2-7-13(8-3-1)15-14-9-5-4-6-12(14)10-11-16-15;1-12(2,3)11-8-10(14-15-11)9-6-4-5-7-13-9;1-10(2,3)8(12)7-9(13)11(4,5)6;8-6(9)5-3-1-2-4-7-5;1-4(6)3-5(2)7;;;;;/h4,6-9H,1-3H3;3-5,7-10H,1-2H3;3*1-7,9-11H;4-8H,1-3H3;7,12H,1-6H3;1-4H,(H,8,9);3,6H,1-2H3;;;;;/q6*-1;;;;;;;;. The molecule has 0 saturated heterocycles. The van der Waals surface area contributed by atoms with Gasteiger partial charge in [-0.2, -0.15) is 0 Å². The van der Waals surface area contributed by atoms with Crippen molar-refractivity contribution in [1.82, 2.24) is 45.1 Å². The molecule has 20 rings (SSSR count). The molecule has 23 heteroatoms. The van der Waals surface area contributed by atoms with E-state index in [2.05, 4.69) is 159 Å². The molecule has 0 unspecified atom stereocenters. The number of aliphatic hydroxyl groups excluding tert-OH is 2. The number of allylic oxidation sites excluding steroid dienone is 4. The van der Waals surface area contributed by atoms with Gasteiger partial charge in [-0.05, 0) is 180 Å². The van der Waals surface area contributed by atoms with Crippen LogP contribution in [0.3, 0.4) is 0 Å². The minimum absolute atomic E-state index is 0. The molecule has 8 heterocycles. The van der Waals surface area contributed by atoms with Crippen LogP contribution >= 0.6 is 0 Å². The van der Waals surface area contributed by atoms with Crippen molar-refractivity contribution in [3.05, 3.63) is 421 Å². The average molecular weight is 2740 g/mol. The summed E-state index contributed by atoms with van der Waals surface area (Å²) in [6.07, 6.45) is 14.6. The number of carboxylic acids is 1. The van der Waals surface area contributed by atoms with Crippen molar-refractivity contribution in [2.24, 2.45) is 10.8 Å². The van der Waals surface area contributed by atoms with Gasteiger partial charge in [-0.3, -0.25) is 14.6 Å². The first-order chi connectivity index (χ1) is 63.9. The van der Waals surface area contributed by atoms with Crippen molar-refractivity contribution in [1.29, 1.82) is 0 Å². The fourth-order valence-electron chi connectivity index (χ4n) is 15.2. The Bertz CT molecular complexity index is 6970. The van der Waals surface area contributed by atoms with Crippen LogP contribution < -0.4 is 5.10 Å². The normalized spacial score (nSPS) is 11.9. The van der Waals surface area contributed by atoms with Gasteiger partial charge >= 0.3 is 5.97 Å². The first-order valence-electron chi connectivity index (χ1n) is 43.6. The zero-order chi connectivity index (χ0) is 96.2. The molecule has 0 atom stereocenters.